The van der Waals surface area contributed by atoms with Gasteiger partial charge in [-0.2, -0.15) is 0 Å². The smallest absolute Gasteiger partial charge is 0.247 e. The molecule has 2 atom stereocenters. The zero-order valence-corrected chi connectivity index (χ0v) is 13.4. The van der Waals surface area contributed by atoms with Crippen LogP contribution in [0.3, 0.4) is 0 Å². The van der Waals surface area contributed by atoms with E-state index in [0.717, 1.165) is 23.3 Å². The number of carbonyl (C=O) groups is 2. The summed E-state index contributed by atoms with van der Waals surface area (Å²) < 4.78 is 0. The lowest BCUT2D eigenvalue weighted by Crippen LogP contribution is -2.53. The largest absolute Gasteiger partial charge is 0.391 e. The zero-order chi connectivity index (χ0) is 15.6. The lowest BCUT2D eigenvalue weighted by molar-refractivity contribution is -0.139. The quantitative estimate of drug-likeness (QED) is 0.832. The first-order chi connectivity index (χ1) is 9.90. The first-order valence-corrected chi connectivity index (χ1v) is 8.04. The summed E-state index contributed by atoms with van der Waals surface area (Å²) in [6.07, 6.45) is 0.834. The van der Waals surface area contributed by atoms with Gasteiger partial charge in [0.25, 0.3) is 0 Å². The van der Waals surface area contributed by atoms with Crippen LogP contribution in [0.4, 0.5) is 0 Å². The van der Waals surface area contributed by atoms with Crippen molar-refractivity contribution in [2.45, 2.75) is 45.4 Å². The number of hydrogen-bond donors (Lipinski definition) is 2. The van der Waals surface area contributed by atoms with Gasteiger partial charge in [0.1, 0.15) is 6.04 Å². The molecule has 5 nitrogen and oxygen atoms in total. The van der Waals surface area contributed by atoms with E-state index in [0.29, 0.717) is 6.54 Å². The number of hydrogen-bond acceptors (Lipinski definition) is 4. The zero-order valence-electron chi connectivity index (χ0n) is 12.6. The Morgan fingerprint density at radius 1 is 1.52 bits per heavy atom. The van der Waals surface area contributed by atoms with Crippen LogP contribution in [0.1, 0.15) is 30.2 Å². The van der Waals surface area contributed by atoms with Gasteiger partial charge >= 0.3 is 0 Å². The molecule has 2 unspecified atom stereocenters. The Morgan fingerprint density at radius 3 is 2.67 bits per heavy atom. The predicted molar refractivity (Wildman–Crippen MR) is 81.9 cm³/mol. The van der Waals surface area contributed by atoms with Crippen molar-refractivity contribution >= 4 is 23.2 Å². The van der Waals surface area contributed by atoms with Crippen molar-refractivity contribution in [3.05, 3.63) is 21.9 Å². The highest BCUT2D eigenvalue weighted by Gasteiger charge is 2.35. The molecule has 1 saturated carbocycles. The van der Waals surface area contributed by atoms with Gasteiger partial charge in [0.2, 0.25) is 11.8 Å². The van der Waals surface area contributed by atoms with Crippen LogP contribution in [0.5, 0.6) is 0 Å². The van der Waals surface area contributed by atoms with Crippen LogP contribution in [-0.4, -0.2) is 41.0 Å². The lowest BCUT2D eigenvalue weighted by Gasteiger charge is -2.26. The first-order valence-electron chi connectivity index (χ1n) is 7.16. The number of thiophene rings is 1. The van der Waals surface area contributed by atoms with Gasteiger partial charge in [-0.25, -0.2) is 0 Å². The maximum absolute atomic E-state index is 12.5. The molecule has 0 spiro atoms. The normalized spacial score (nSPS) is 17.1. The fraction of sp³-hybridized carbons (Fsp3) is 0.600. The third kappa shape index (κ3) is 4.04. The number of likely N-dealkylation sites (N-methyl/N-ethyl adjacent to an activating group) is 1. The van der Waals surface area contributed by atoms with Crippen molar-refractivity contribution in [2.75, 3.05) is 7.05 Å². The number of aliphatic hydroxyl groups excluding tert-OH is 1. The van der Waals surface area contributed by atoms with Crippen molar-refractivity contribution in [1.82, 2.24) is 10.2 Å². The maximum atomic E-state index is 12.5. The Balaban J connectivity index is 1.99. The molecule has 1 aliphatic rings. The molecule has 0 bridgehead atoms. The van der Waals surface area contributed by atoms with Gasteiger partial charge < -0.3 is 15.3 Å². The third-order valence-corrected chi connectivity index (χ3v) is 4.73. The van der Waals surface area contributed by atoms with E-state index in [1.807, 2.05) is 18.4 Å². The topological polar surface area (TPSA) is 69.6 Å². The summed E-state index contributed by atoms with van der Waals surface area (Å²) in [5, 5.41) is 14.5. The average Bonchev–Trinajstić information content (AvgIpc) is 3.20. The summed E-state index contributed by atoms with van der Waals surface area (Å²) in [5.74, 6) is -0.370. The second kappa shape index (κ2) is 6.58. The van der Waals surface area contributed by atoms with Gasteiger partial charge in [0.05, 0.1) is 12.6 Å². The van der Waals surface area contributed by atoms with Crippen molar-refractivity contribution in [2.24, 2.45) is 5.92 Å². The molecule has 6 heteroatoms. The molecule has 0 aromatic carbocycles. The number of nitrogens with zero attached hydrogens (tertiary/aromatic N) is 1. The van der Waals surface area contributed by atoms with Crippen molar-refractivity contribution < 1.29 is 14.7 Å². The molecule has 2 rings (SSSR count). The number of carbonyl (C=O) groups excluding carboxylic acids is 2. The van der Waals surface area contributed by atoms with Crippen LogP contribution >= 0.6 is 11.3 Å². The van der Waals surface area contributed by atoms with Crippen LogP contribution in [0, 0.1) is 12.8 Å². The highest BCUT2D eigenvalue weighted by molar-refractivity contribution is 7.10. The molecule has 1 aromatic heterocycles. The second-order valence-electron chi connectivity index (χ2n) is 5.72. The van der Waals surface area contributed by atoms with E-state index in [4.69, 9.17) is 0 Å². The number of aryl methyl sites for hydroxylation is 1. The number of nitrogens with one attached hydrogen (secondary N) is 1. The summed E-state index contributed by atoms with van der Waals surface area (Å²) in [5.41, 5.74) is 1.15. The molecule has 1 heterocycles. The second-order valence-corrected chi connectivity index (χ2v) is 6.72. The Morgan fingerprint density at radius 2 is 2.19 bits per heavy atom. The molecule has 2 amide bonds. The molecule has 1 aliphatic carbocycles. The van der Waals surface area contributed by atoms with Crippen LogP contribution in [0.15, 0.2) is 11.4 Å². The summed E-state index contributed by atoms with van der Waals surface area (Å²) in [6, 6.07) is 1.14. The van der Waals surface area contributed by atoms with Gasteiger partial charge in [0, 0.05) is 17.8 Å². The van der Waals surface area contributed by atoms with E-state index < -0.39 is 12.1 Å². The number of aliphatic hydroxyl groups is 1. The Kier molecular flexibility index (Phi) is 5.00. The van der Waals surface area contributed by atoms with E-state index in [2.05, 4.69) is 5.32 Å². The molecule has 0 saturated heterocycles. The van der Waals surface area contributed by atoms with Gasteiger partial charge in [-0.15, -0.1) is 11.3 Å². The standard InChI is InChI=1S/C15H22N2O3S/c1-9-6-7-21-12(9)8-17(3)15(20)13(10(2)18)16-14(19)11-4-5-11/h6-7,10-11,13,18H,4-5,8H2,1-3H3,(H,16,19). The van der Waals surface area contributed by atoms with Gasteiger partial charge in [-0.3, -0.25) is 9.59 Å². The Bertz CT molecular complexity index is 523. The fourth-order valence-corrected chi connectivity index (χ4v) is 3.06. The lowest BCUT2D eigenvalue weighted by atomic mass is 10.1. The van der Waals surface area contributed by atoms with Crippen LogP contribution < -0.4 is 5.32 Å². The molecule has 0 radical (unpaired) electrons. The van der Waals surface area contributed by atoms with Crippen molar-refractivity contribution in [3.8, 4) is 0 Å². The number of rotatable bonds is 6. The molecule has 21 heavy (non-hydrogen) atoms. The van der Waals surface area contributed by atoms with E-state index >= 15 is 0 Å². The van der Waals surface area contributed by atoms with E-state index in [-0.39, 0.29) is 17.7 Å². The van der Waals surface area contributed by atoms with E-state index in [1.54, 1.807) is 23.3 Å². The molecular formula is C15H22N2O3S. The highest BCUT2D eigenvalue weighted by Crippen LogP contribution is 2.29. The van der Waals surface area contributed by atoms with Crippen LogP contribution in [0.25, 0.3) is 0 Å². The van der Waals surface area contributed by atoms with Gasteiger partial charge in [-0.05, 0) is 43.7 Å². The predicted octanol–water partition coefficient (Wildman–Crippen LogP) is 1.29. The average molecular weight is 310 g/mol. The summed E-state index contributed by atoms with van der Waals surface area (Å²) in [6.45, 7) is 4.02. The van der Waals surface area contributed by atoms with Gasteiger partial charge in [0.15, 0.2) is 0 Å². The van der Waals surface area contributed by atoms with E-state index in [9.17, 15) is 14.7 Å². The fourth-order valence-electron chi connectivity index (χ4n) is 2.10. The minimum absolute atomic E-state index is 0.0175. The monoisotopic (exact) mass is 310 g/mol. The van der Waals surface area contributed by atoms with E-state index in [1.165, 1.54) is 6.92 Å². The van der Waals surface area contributed by atoms with Crippen LogP contribution in [-0.2, 0) is 16.1 Å². The molecule has 1 aromatic rings. The molecular weight excluding hydrogens is 288 g/mol. The van der Waals surface area contributed by atoms with Crippen LogP contribution in [0.2, 0.25) is 0 Å². The number of amides is 2. The first kappa shape index (κ1) is 16.0. The SMILES string of the molecule is Cc1ccsc1CN(C)C(=O)C(NC(=O)C1CC1)C(C)O. The van der Waals surface area contributed by atoms with Gasteiger partial charge in [-0.1, -0.05) is 0 Å². The maximum Gasteiger partial charge on any atom is 0.247 e. The Hall–Kier alpha value is -1.40. The van der Waals surface area contributed by atoms with Crippen molar-refractivity contribution in [3.63, 3.8) is 0 Å². The summed E-state index contributed by atoms with van der Waals surface area (Å²) in [7, 11) is 1.69. The molecule has 0 aliphatic heterocycles. The summed E-state index contributed by atoms with van der Waals surface area (Å²) in [4.78, 5) is 27.0. The minimum Gasteiger partial charge on any atom is -0.391 e. The summed E-state index contributed by atoms with van der Waals surface area (Å²) >= 11 is 1.60. The molecule has 116 valence electrons. The minimum atomic E-state index is -0.910. The molecule has 2 N–H and O–H groups in total. The Labute approximate surface area is 129 Å². The third-order valence-electron chi connectivity index (χ3n) is 3.72. The van der Waals surface area contributed by atoms with Crippen molar-refractivity contribution in [1.29, 1.82) is 0 Å². The highest BCUT2D eigenvalue weighted by atomic mass is 32.1. The molecule has 1 fully saturated rings.